The maximum atomic E-state index is 14.1. The summed E-state index contributed by atoms with van der Waals surface area (Å²) >= 11 is 1.78. The van der Waals surface area contributed by atoms with Gasteiger partial charge in [0.05, 0.1) is 10.4 Å². The van der Waals surface area contributed by atoms with Gasteiger partial charge in [0.1, 0.15) is 5.82 Å². The van der Waals surface area contributed by atoms with E-state index in [0.717, 1.165) is 37.9 Å². The highest BCUT2D eigenvalue weighted by molar-refractivity contribution is 8.00. The van der Waals surface area contributed by atoms with E-state index in [2.05, 4.69) is 6.92 Å². The van der Waals surface area contributed by atoms with Gasteiger partial charge in [-0.25, -0.2) is 4.39 Å². The quantitative estimate of drug-likeness (QED) is 0.730. The number of nitrogens with zero attached hydrogens (tertiary/aromatic N) is 2. The molecule has 2 aliphatic rings. The Bertz CT molecular complexity index is 659. The van der Waals surface area contributed by atoms with Crippen molar-refractivity contribution in [1.29, 1.82) is 0 Å². The summed E-state index contributed by atoms with van der Waals surface area (Å²) in [7, 11) is 0. The first-order chi connectivity index (χ1) is 12.6. The van der Waals surface area contributed by atoms with Crippen LogP contribution in [-0.4, -0.2) is 51.9 Å². The number of carbonyl (C=O) groups excluding carboxylic acids is 2. The summed E-state index contributed by atoms with van der Waals surface area (Å²) in [5.41, 5.74) is 0.146. The maximum Gasteiger partial charge on any atom is 0.257 e. The van der Waals surface area contributed by atoms with Crippen LogP contribution < -0.4 is 0 Å². The van der Waals surface area contributed by atoms with Crippen LogP contribution in [0.5, 0.6) is 0 Å². The Hall–Kier alpha value is -1.56. The Kier molecular flexibility index (Phi) is 6.22. The van der Waals surface area contributed by atoms with Gasteiger partial charge in [0.15, 0.2) is 0 Å². The van der Waals surface area contributed by atoms with Crippen LogP contribution in [0.4, 0.5) is 4.39 Å². The van der Waals surface area contributed by atoms with Crippen LogP contribution in [-0.2, 0) is 4.79 Å². The van der Waals surface area contributed by atoms with Crippen LogP contribution in [0.25, 0.3) is 0 Å². The van der Waals surface area contributed by atoms with Gasteiger partial charge >= 0.3 is 0 Å². The first-order valence-corrected chi connectivity index (χ1v) is 10.5. The van der Waals surface area contributed by atoms with E-state index in [9.17, 15) is 14.0 Å². The van der Waals surface area contributed by atoms with E-state index in [0.29, 0.717) is 26.1 Å². The average Bonchev–Trinajstić information content (AvgIpc) is 3.05. The molecule has 0 bridgehead atoms. The van der Waals surface area contributed by atoms with Gasteiger partial charge in [0, 0.05) is 31.8 Å². The molecule has 142 valence electrons. The lowest BCUT2D eigenvalue weighted by Crippen LogP contribution is -2.53. The first kappa shape index (κ1) is 19.2. The largest absolute Gasteiger partial charge is 0.342 e. The smallest absolute Gasteiger partial charge is 0.257 e. The Labute approximate surface area is 159 Å². The number of hydrogen-bond acceptors (Lipinski definition) is 3. The Morgan fingerprint density at radius 3 is 2.58 bits per heavy atom. The molecule has 2 amide bonds. The number of halogens is 1. The fourth-order valence-corrected chi connectivity index (χ4v) is 5.33. The van der Waals surface area contributed by atoms with Crippen molar-refractivity contribution in [2.45, 2.75) is 50.3 Å². The van der Waals surface area contributed by atoms with Crippen LogP contribution >= 0.6 is 11.8 Å². The van der Waals surface area contributed by atoms with Crippen molar-refractivity contribution in [2.75, 3.05) is 25.4 Å². The molecule has 2 aliphatic heterocycles. The standard InChI is InChI=1S/C20H27FN2O2S/c1-2-3-4-9-18(24)22-12-10-20(11-13-22)23(14-15-26-20)19(25)16-7-5-6-8-17(16)21/h5-8H,2-4,9-15H2,1H3. The second-order valence-electron chi connectivity index (χ2n) is 7.07. The second kappa shape index (κ2) is 8.42. The van der Waals surface area contributed by atoms with Gasteiger partial charge in [-0.05, 0) is 31.4 Å². The predicted molar refractivity (Wildman–Crippen MR) is 103 cm³/mol. The molecule has 26 heavy (non-hydrogen) atoms. The molecule has 3 rings (SSSR count). The van der Waals surface area contributed by atoms with Gasteiger partial charge in [-0.15, -0.1) is 11.8 Å². The number of hydrogen-bond donors (Lipinski definition) is 0. The third-order valence-corrected chi connectivity index (χ3v) is 6.97. The Balaban J connectivity index is 1.64. The summed E-state index contributed by atoms with van der Waals surface area (Å²) in [6.07, 6.45) is 5.29. The topological polar surface area (TPSA) is 40.6 Å². The molecule has 1 aromatic carbocycles. The van der Waals surface area contributed by atoms with Crippen molar-refractivity contribution >= 4 is 23.6 Å². The number of rotatable bonds is 5. The van der Waals surface area contributed by atoms with Gasteiger partial charge < -0.3 is 9.80 Å². The zero-order valence-electron chi connectivity index (χ0n) is 15.4. The molecule has 2 heterocycles. The van der Waals surface area contributed by atoms with Crippen molar-refractivity contribution in [3.63, 3.8) is 0 Å². The van der Waals surface area contributed by atoms with Crippen molar-refractivity contribution in [2.24, 2.45) is 0 Å². The molecular weight excluding hydrogens is 351 g/mol. The highest BCUT2D eigenvalue weighted by Gasteiger charge is 2.47. The van der Waals surface area contributed by atoms with E-state index in [-0.39, 0.29) is 22.2 Å². The summed E-state index contributed by atoms with van der Waals surface area (Å²) in [6.45, 7) is 4.13. The number of amides is 2. The van der Waals surface area contributed by atoms with Gasteiger partial charge in [0.2, 0.25) is 5.91 Å². The van der Waals surface area contributed by atoms with Gasteiger partial charge in [0.25, 0.3) is 5.91 Å². The lowest BCUT2D eigenvalue weighted by atomic mass is 10.00. The van der Waals surface area contributed by atoms with Crippen molar-refractivity contribution < 1.29 is 14.0 Å². The molecule has 2 fully saturated rings. The molecule has 0 aromatic heterocycles. The fraction of sp³-hybridized carbons (Fsp3) is 0.600. The predicted octanol–water partition coefficient (Wildman–Crippen LogP) is 3.91. The Morgan fingerprint density at radius 1 is 1.15 bits per heavy atom. The SMILES string of the molecule is CCCCCC(=O)N1CCC2(CC1)SCCN2C(=O)c1ccccc1F. The zero-order chi connectivity index (χ0) is 18.6. The molecule has 6 heteroatoms. The van der Waals surface area contributed by atoms with Crippen LogP contribution in [0.3, 0.4) is 0 Å². The van der Waals surface area contributed by atoms with Gasteiger partial charge in [-0.1, -0.05) is 31.9 Å². The van der Waals surface area contributed by atoms with E-state index in [4.69, 9.17) is 0 Å². The number of piperidine rings is 1. The summed E-state index contributed by atoms with van der Waals surface area (Å²) < 4.78 is 14.1. The van der Waals surface area contributed by atoms with Crippen LogP contribution in [0.1, 0.15) is 55.8 Å². The minimum atomic E-state index is -0.465. The van der Waals surface area contributed by atoms with Crippen LogP contribution in [0, 0.1) is 5.82 Å². The number of thioether (sulfide) groups is 1. The van der Waals surface area contributed by atoms with Crippen molar-refractivity contribution in [3.05, 3.63) is 35.6 Å². The monoisotopic (exact) mass is 378 g/mol. The molecule has 0 unspecified atom stereocenters. The lowest BCUT2D eigenvalue weighted by Gasteiger charge is -2.44. The average molecular weight is 379 g/mol. The Morgan fingerprint density at radius 2 is 1.88 bits per heavy atom. The minimum Gasteiger partial charge on any atom is -0.342 e. The first-order valence-electron chi connectivity index (χ1n) is 9.55. The number of benzene rings is 1. The number of likely N-dealkylation sites (tertiary alicyclic amines) is 1. The highest BCUT2D eigenvalue weighted by atomic mass is 32.2. The molecule has 0 atom stereocenters. The summed E-state index contributed by atoms with van der Waals surface area (Å²) in [4.78, 5) is 28.8. The second-order valence-corrected chi connectivity index (χ2v) is 8.53. The molecule has 1 aromatic rings. The zero-order valence-corrected chi connectivity index (χ0v) is 16.2. The van der Waals surface area contributed by atoms with E-state index < -0.39 is 5.82 Å². The van der Waals surface area contributed by atoms with Gasteiger partial charge in [-0.2, -0.15) is 0 Å². The fourth-order valence-electron chi connectivity index (χ4n) is 3.88. The molecular formula is C20H27FN2O2S. The molecule has 0 saturated carbocycles. The summed E-state index contributed by atoms with van der Waals surface area (Å²) in [5.74, 6) is 0.400. The third kappa shape index (κ3) is 3.90. The number of carbonyl (C=O) groups is 2. The molecule has 4 nitrogen and oxygen atoms in total. The lowest BCUT2D eigenvalue weighted by molar-refractivity contribution is -0.132. The molecule has 0 N–H and O–H groups in total. The highest BCUT2D eigenvalue weighted by Crippen LogP contribution is 2.44. The molecule has 2 saturated heterocycles. The summed E-state index contributed by atoms with van der Waals surface area (Å²) in [6, 6.07) is 6.19. The van der Waals surface area contributed by atoms with E-state index in [1.165, 1.54) is 6.07 Å². The van der Waals surface area contributed by atoms with Crippen molar-refractivity contribution in [3.8, 4) is 0 Å². The molecule has 0 aliphatic carbocycles. The molecule has 0 radical (unpaired) electrons. The normalized spacial score (nSPS) is 19.2. The number of unbranched alkanes of at least 4 members (excludes halogenated alkanes) is 2. The minimum absolute atomic E-state index is 0.146. The van der Waals surface area contributed by atoms with Crippen LogP contribution in [0.15, 0.2) is 24.3 Å². The van der Waals surface area contributed by atoms with E-state index in [1.54, 1.807) is 30.0 Å². The maximum absolute atomic E-state index is 14.1. The third-order valence-electron chi connectivity index (χ3n) is 5.42. The van der Waals surface area contributed by atoms with E-state index in [1.807, 2.05) is 9.80 Å². The van der Waals surface area contributed by atoms with Crippen molar-refractivity contribution in [1.82, 2.24) is 9.80 Å². The van der Waals surface area contributed by atoms with E-state index >= 15 is 0 Å². The summed E-state index contributed by atoms with van der Waals surface area (Å²) in [5, 5.41) is 0. The van der Waals surface area contributed by atoms with Crippen LogP contribution in [0.2, 0.25) is 0 Å². The molecule has 1 spiro atoms. The van der Waals surface area contributed by atoms with Gasteiger partial charge in [-0.3, -0.25) is 9.59 Å².